The third kappa shape index (κ3) is 3.71. The van der Waals surface area contributed by atoms with E-state index in [0.29, 0.717) is 17.8 Å². The first-order valence-corrected chi connectivity index (χ1v) is 9.04. The van der Waals surface area contributed by atoms with Gasteiger partial charge in [0.25, 0.3) is 5.91 Å². The van der Waals surface area contributed by atoms with Crippen LogP contribution in [0.3, 0.4) is 0 Å². The Morgan fingerprint density at radius 1 is 1.14 bits per heavy atom. The molecule has 4 rings (SSSR count). The second kappa shape index (κ2) is 7.92. The van der Waals surface area contributed by atoms with Gasteiger partial charge in [0, 0.05) is 23.7 Å². The van der Waals surface area contributed by atoms with Crippen LogP contribution in [0.5, 0.6) is 5.75 Å². The minimum atomic E-state index is -0.114. The van der Waals surface area contributed by atoms with Crippen LogP contribution in [0, 0.1) is 0 Å². The van der Waals surface area contributed by atoms with Crippen LogP contribution in [0.1, 0.15) is 15.9 Å². The minimum Gasteiger partial charge on any atom is -0.497 e. The summed E-state index contributed by atoms with van der Waals surface area (Å²) in [6.07, 6.45) is 4.21. The zero-order valence-electron chi connectivity index (χ0n) is 15.5. The first-order chi connectivity index (χ1) is 13.7. The molecule has 0 saturated carbocycles. The van der Waals surface area contributed by atoms with Crippen molar-refractivity contribution in [1.29, 1.82) is 0 Å². The number of aromatic nitrogens is 3. The van der Waals surface area contributed by atoms with E-state index in [9.17, 15) is 4.79 Å². The summed E-state index contributed by atoms with van der Waals surface area (Å²) in [6.45, 7) is 0.544. The number of hydrogen-bond acceptors (Lipinski definition) is 4. The molecule has 2 heterocycles. The van der Waals surface area contributed by atoms with Crippen molar-refractivity contribution in [1.82, 2.24) is 20.5 Å². The zero-order valence-corrected chi connectivity index (χ0v) is 15.5. The number of pyridine rings is 1. The summed E-state index contributed by atoms with van der Waals surface area (Å²) in [6, 6.07) is 17.3. The van der Waals surface area contributed by atoms with Gasteiger partial charge in [-0.15, -0.1) is 0 Å². The maximum atomic E-state index is 12.9. The number of benzene rings is 2. The predicted molar refractivity (Wildman–Crippen MR) is 108 cm³/mol. The number of amides is 1. The molecule has 140 valence electrons. The Labute approximate surface area is 162 Å². The van der Waals surface area contributed by atoms with Crippen LogP contribution in [0.25, 0.3) is 22.2 Å². The van der Waals surface area contributed by atoms with Gasteiger partial charge in [0.2, 0.25) is 0 Å². The molecular formula is C22H20N4O2. The highest BCUT2D eigenvalue weighted by atomic mass is 16.5. The number of hydrogen-bond donors (Lipinski definition) is 2. The lowest BCUT2D eigenvalue weighted by atomic mass is 10.0. The molecule has 28 heavy (non-hydrogen) atoms. The molecule has 0 bridgehead atoms. The van der Waals surface area contributed by atoms with Crippen LogP contribution < -0.4 is 10.1 Å². The van der Waals surface area contributed by atoms with Gasteiger partial charge < -0.3 is 10.1 Å². The monoisotopic (exact) mass is 372 g/mol. The lowest BCUT2D eigenvalue weighted by Gasteiger charge is -2.10. The van der Waals surface area contributed by atoms with Crippen molar-refractivity contribution in [2.45, 2.75) is 6.42 Å². The second-order valence-electron chi connectivity index (χ2n) is 6.41. The fraction of sp³-hybridized carbons (Fsp3) is 0.136. The lowest BCUT2D eigenvalue weighted by Crippen LogP contribution is -2.26. The predicted octanol–water partition coefficient (Wildman–Crippen LogP) is 3.61. The quantitative estimate of drug-likeness (QED) is 0.542. The molecule has 0 aliphatic heterocycles. The van der Waals surface area contributed by atoms with Gasteiger partial charge in [-0.1, -0.05) is 30.3 Å². The van der Waals surface area contributed by atoms with E-state index in [1.807, 2.05) is 54.6 Å². The van der Waals surface area contributed by atoms with Crippen molar-refractivity contribution >= 4 is 16.8 Å². The first kappa shape index (κ1) is 17.7. The molecule has 0 spiro atoms. The van der Waals surface area contributed by atoms with Gasteiger partial charge in [-0.25, -0.2) is 4.98 Å². The number of ether oxygens (including phenoxy) is 1. The molecule has 0 aliphatic carbocycles. The molecule has 0 unspecified atom stereocenters. The van der Waals surface area contributed by atoms with Crippen LogP contribution in [0.4, 0.5) is 0 Å². The van der Waals surface area contributed by atoms with E-state index in [1.54, 1.807) is 19.5 Å². The molecule has 0 saturated heterocycles. The first-order valence-electron chi connectivity index (χ1n) is 9.04. The average Bonchev–Trinajstić information content (AvgIpc) is 3.28. The van der Waals surface area contributed by atoms with Gasteiger partial charge in [0.15, 0.2) is 0 Å². The van der Waals surface area contributed by atoms with Crippen molar-refractivity contribution in [2.24, 2.45) is 0 Å². The Morgan fingerprint density at radius 3 is 2.71 bits per heavy atom. The van der Waals surface area contributed by atoms with E-state index >= 15 is 0 Å². The standard InChI is InChI=1S/C22H20N4O2/c1-28-17-8-6-15(7-9-17)10-11-23-22(27)19-12-21(16-13-24-25-14-16)26-20-5-3-2-4-18(19)20/h2-9,12-14H,10-11H2,1H3,(H,23,27)(H,24,25). The molecule has 0 fully saturated rings. The van der Waals surface area contributed by atoms with Crippen molar-refractivity contribution in [3.8, 4) is 17.0 Å². The van der Waals surface area contributed by atoms with E-state index in [1.165, 1.54) is 0 Å². The van der Waals surface area contributed by atoms with E-state index in [-0.39, 0.29) is 5.91 Å². The number of carbonyl (C=O) groups is 1. The van der Waals surface area contributed by atoms with Crippen molar-refractivity contribution in [2.75, 3.05) is 13.7 Å². The average molecular weight is 372 g/mol. The Bertz CT molecular complexity index is 1090. The van der Waals surface area contributed by atoms with E-state index in [2.05, 4.69) is 20.5 Å². The molecule has 0 atom stereocenters. The summed E-state index contributed by atoms with van der Waals surface area (Å²) in [5.74, 6) is 0.708. The third-order valence-electron chi connectivity index (χ3n) is 4.61. The number of fused-ring (bicyclic) bond motifs is 1. The van der Waals surface area contributed by atoms with E-state index < -0.39 is 0 Å². The minimum absolute atomic E-state index is 0.114. The number of H-pyrrole nitrogens is 1. The van der Waals surface area contributed by atoms with Crippen LogP contribution in [-0.2, 0) is 6.42 Å². The molecule has 2 aromatic heterocycles. The molecule has 2 N–H and O–H groups in total. The topological polar surface area (TPSA) is 79.9 Å². The Morgan fingerprint density at radius 2 is 1.96 bits per heavy atom. The molecule has 6 heteroatoms. The van der Waals surface area contributed by atoms with Crippen LogP contribution >= 0.6 is 0 Å². The van der Waals surface area contributed by atoms with Crippen LogP contribution in [-0.4, -0.2) is 34.7 Å². The second-order valence-corrected chi connectivity index (χ2v) is 6.41. The van der Waals surface area contributed by atoms with Gasteiger partial charge in [-0.3, -0.25) is 9.89 Å². The lowest BCUT2D eigenvalue weighted by molar-refractivity contribution is 0.0955. The van der Waals surface area contributed by atoms with Crippen molar-refractivity contribution in [3.05, 3.63) is 78.1 Å². The number of nitrogens with zero attached hydrogens (tertiary/aromatic N) is 2. The molecule has 0 aliphatic rings. The number of carbonyl (C=O) groups excluding carboxylic acids is 1. The van der Waals surface area contributed by atoms with Gasteiger partial charge >= 0.3 is 0 Å². The summed E-state index contributed by atoms with van der Waals surface area (Å²) in [5.41, 5.74) is 4.09. The Balaban J connectivity index is 1.54. The summed E-state index contributed by atoms with van der Waals surface area (Å²) >= 11 is 0. The highest BCUT2D eigenvalue weighted by Crippen LogP contribution is 2.24. The third-order valence-corrected chi connectivity index (χ3v) is 4.61. The van der Waals surface area contributed by atoms with Crippen molar-refractivity contribution in [3.63, 3.8) is 0 Å². The normalized spacial score (nSPS) is 10.8. The molecule has 2 aromatic carbocycles. The summed E-state index contributed by atoms with van der Waals surface area (Å²) in [5, 5.41) is 10.6. The summed E-state index contributed by atoms with van der Waals surface area (Å²) in [7, 11) is 1.64. The molecule has 0 radical (unpaired) electrons. The van der Waals surface area contributed by atoms with Gasteiger partial charge in [0.1, 0.15) is 5.75 Å². The number of nitrogens with one attached hydrogen (secondary N) is 2. The number of methoxy groups -OCH3 is 1. The number of rotatable bonds is 6. The fourth-order valence-electron chi connectivity index (χ4n) is 3.11. The smallest absolute Gasteiger partial charge is 0.252 e. The van der Waals surface area contributed by atoms with Crippen molar-refractivity contribution < 1.29 is 9.53 Å². The molecule has 4 aromatic rings. The van der Waals surface area contributed by atoms with E-state index in [0.717, 1.165) is 34.2 Å². The van der Waals surface area contributed by atoms with Gasteiger partial charge in [-0.05, 0) is 36.2 Å². The summed E-state index contributed by atoms with van der Waals surface area (Å²) < 4.78 is 5.17. The number of aromatic amines is 1. The maximum Gasteiger partial charge on any atom is 0.252 e. The highest BCUT2D eigenvalue weighted by molar-refractivity contribution is 6.07. The van der Waals surface area contributed by atoms with Crippen LogP contribution in [0.2, 0.25) is 0 Å². The SMILES string of the molecule is COc1ccc(CCNC(=O)c2cc(-c3cn[nH]c3)nc3ccccc23)cc1. The number of para-hydroxylation sites is 1. The largest absolute Gasteiger partial charge is 0.497 e. The maximum absolute atomic E-state index is 12.9. The van der Waals surface area contributed by atoms with Crippen LogP contribution in [0.15, 0.2) is 67.0 Å². The zero-order chi connectivity index (χ0) is 19.3. The fourth-order valence-corrected chi connectivity index (χ4v) is 3.11. The Hall–Kier alpha value is -3.67. The molecule has 6 nitrogen and oxygen atoms in total. The molecular weight excluding hydrogens is 352 g/mol. The highest BCUT2D eigenvalue weighted by Gasteiger charge is 2.14. The Kier molecular flexibility index (Phi) is 5.01. The molecule has 1 amide bonds. The van der Waals surface area contributed by atoms with Gasteiger partial charge in [0.05, 0.1) is 30.1 Å². The summed E-state index contributed by atoms with van der Waals surface area (Å²) in [4.78, 5) is 17.5. The van der Waals surface area contributed by atoms with E-state index in [4.69, 9.17) is 4.74 Å². The van der Waals surface area contributed by atoms with Gasteiger partial charge in [-0.2, -0.15) is 5.10 Å².